The normalized spacial score (nSPS) is 11.6. The van der Waals surface area contributed by atoms with Gasteiger partial charge in [0.2, 0.25) is 0 Å². The van der Waals surface area contributed by atoms with Crippen LogP contribution < -0.4 is 10.1 Å². The molecule has 5 rings (SSSR count). The fraction of sp³-hybridized carbons (Fsp3) is 0.150. The highest BCUT2D eigenvalue weighted by Crippen LogP contribution is 2.37. The number of ketones is 1. The topological polar surface area (TPSA) is 151 Å². The van der Waals surface area contributed by atoms with Gasteiger partial charge in [-0.15, -0.1) is 5.11 Å². The molecule has 0 aliphatic rings. The van der Waals surface area contributed by atoms with Crippen LogP contribution in [0.5, 0.6) is 5.75 Å². The molecule has 1 atom stereocenters. The van der Waals surface area contributed by atoms with E-state index in [1.807, 2.05) is 78.9 Å². The van der Waals surface area contributed by atoms with Crippen molar-refractivity contribution in [3.63, 3.8) is 0 Å². The molecule has 0 saturated carbocycles. The van der Waals surface area contributed by atoms with E-state index in [0.717, 1.165) is 28.7 Å². The van der Waals surface area contributed by atoms with E-state index in [1.54, 1.807) is 18.2 Å². The van der Waals surface area contributed by atoms with Crippen LogP contribution in [0.3, 0.4) is 0 Å². The van der Waals surface area contributed by atoms with E-state index in [0.29, 0.717) is 17.1 Å². The van der Waals surface area contributed by atoms with E-state index >= 15 is 0 Å². The van der Waals surface area contributed by atoms with Crippen molar-refractivity contribution in [2.24, 2.45) is 10.2 Å². The standard InChI is InChI=1S/C40H35N3O9/c1-48-39(46)34(41-40(47)52-26-28-10-4-2-5-11-28)27-49-23-22-35(44)30-16-18-31(19-17-30)38(45)51-25-24-50-36-21-20-29-12-8-9-15-33(29)37(36)43-42-32-13-6-3-7-14-32/h2-23,34H,24-27H2,1H3,(H,41,47)/b23-22-,43-42?/t34-/m0/s1. The zero-order valence-electron chi connectivity index (χ0n) is 28.2. The summed E-state index contributed by atoms with van der Waals surface area (Å²) in [7, 11) is 1.17. The molecule has 0 aliphatic carbocycles. The van der Waals surface area contributed by atoms with Crippen molar-refractivity contribution < 1.29 is 42.9 Å². The van der Waals surface area contributed by atoms with Gasteiger partial charge in [0.05, 0.1) is 24.6 Å². The van der Waals surface area contributed by atoms with Crippen LogP contribution in [-0.2, 0) is 30.3 Å². The Labute approximate surface area is 299 Å². The number of carbonyl (C=O) groups excluding carboxylic acids is 4. The first-order chi connectivity index (χ1) is 25.4. The summed E-state index contributed by atoms with van der Waals surface area (Å²) in [4.78, 5) is 49.6. The van der Waals surface area contributed by atoms with Crippen LogP contribution in [0.2, 0.25) is 0 Å². The maximum atomic E-state index is 12.7. The minimum atomic E-state index is -1.18. The summed E-state index contributed by atoms with van der Waals surface area (Å²) in [5.41, 5.74) is 2.55. The quantitative estimate of drug-likeness (QED) is 0.0208. The molecule has 5 aromatic rings. The summed E-state index contributed by atoms with van der Waals surface area (Å²) in [6, 6.07) is 34.6. The summed E-state index contributed by atoms with van der Waals surface area (Å²) in [6.45, 7) is -0.267. The number of azo groups is 1. The number of esters is 2. The SMILES string of the molecule is COC(=O)[C@H](CO/C=C\C(=O)c1ccc(C(=O)OCCOc2ccc3ccccc3c2N=Nc2ccccc2)cc1)NC(=O)OCc1ccccc1. The van der Waals surface area contributed by atoms with Gasteiger partial charge in [-0.2, -0.15) is 5.11 Å². The Morgan fingerprint density at radius 2 is 1.42 bits per heavy atom. The number of benzene rings is 5. The third-order valence-electron chi connectivity index (χ3n) is 7.43. The second-order valence-corrected chi connectivity index (χ2v) is 11.0. The molecule has 12 heteroatoms. The number of allylic oxidation sites excluding steroid dienone is 1. The molecule has 52 heavy (non-hydrogen) atoms. The van der Waals surface area contributed by atoms with Crippen molar-refractivity contribution in [1.29, 1.82) is 0 Å². The van der Waals surface area contributed by atoms with E-state index in [1.165, 1.54) is 31.4 Å². The molecule has 1 N–H and O–H groups in total. The van der Waals surface area contributed by atoms with Gasteiger partial charge in [0, 0.05) is 17.0 Å². The van der Waals surface area contributed by atoms with Crippen LogP contribution in [0.4, 0.5) is 16.2 Å². The van der Waals surface area contributed by atoms with Crippen LogP contribution in [0, 0.1) is 0 Å². The lowest BCUT2D eigenvalue weighted by molar-refractivity contribution is -0.144. The zero-order chi connectivity index (χ0) is 36.5. The molecule has 0 unspecified atom stereocenters. The first kappa shape index (κ1) is 36.5. The second kappa shape index (κ2) is 18.8. The summed E-state index contributed by atoms with van der Waals surface area (Å²) in [5.74, 6) is -1.27. The summed E-state index contributed by atoms with van der Waals surface area (Å²) in [5, 5.41) is 13.0. The third kappa shape index (κ3) is 10.6. The number of amides is 1. The molecule has 0 spiro atoms. The highest BCUT2D eigenvalue weighted by atomic mass is 16.6. The molecule has 264 valence electrons. The lowest BCUT2D eigenvalue weighted by atomic mass is 10.1. The van der Waals surface area contributed by atoms with E-state index in [9.17, 15) is 19.2 Å². The van der Waals surface area contributed by atoms with Gasteiger partial charge in [-0.25, -0.2) is 14.4 Å². The number of hydrogen-bond donors (Lipinski definition) is 1. The highest BCUT2D eigenvalue weighted by Gasteiger charge is 2.23. The Morgan fingerprint density at radius 1 is 0.731 bits per heavy atom. The molecule has 0 saturated heterocycles. The van der Waals surface area contributed by atoms with Gasteiger partial charge in [0.25, 0.3) is 0 Å². The number of alkyl carbamates (subject to hydrolysis) is 1. The van der Waals surface area contributed by atoms with Gasteiger partial charge in [0.15, 0.2) is 11.8 Å². The van der Waals surface area contributed by atoms with Crippen molar-refractivity contribution in [3.8, 4) is 5.75 Å². The number of rotatable bonds is 16. The van der Waals surface area contributed by atoms with E-state index in [4.69, 9.17) is 23.7 Å². The van der Waals surface area contributed by atoms with Gasteiger partial charge in [-0.1, -0.05) is 91.0 Å². The number of nitrogens with one attached hydrogen (secondary N) is 1. The number of nitrogens with zero attached hydrogens (tertiary/aromatic N) is 2. The third-order valence-corrected chi connectivity index (χ3v) is 7.43. The number of ether oxygens (including phenoxy) is 5. The van der Waals surface area contributed by atoms with E-state index in [2.05, 4.69) is 15.5 Å². The number of hydrogen-bond acceptors (Lipinski definition) is 11. The summed E-state index contributed by atoms with van der Waals surface area (Å²) >= 11 is 0. The van der Waals surface area contributed by atoms with Crippen LogP contribution in [0.15, 0.2) is 144 Å². The maximum absolute atomic E-state index is 12.7. The monoisotopic (exact) mass is 701 g/mol. The molecular formula is C40H35N3O9. The predicted octanol–water partition coefficient (Wildman–Crippen LogP) is 7.67. The first-order valence-electron chi connectivity index (χ1n) is 16.2. The Bertz CT molecular complexity index is 2030. The minimum absolute atomic E-state index is 0.0114. The Balaban J connectivity index is 1.08. The van der Waals surface area contributed by atoms with Gasteiger partial charge in [0.1, 0.15) is 37.9 Å². The van der Waals surface area contributed by atoms with Crippen molar-refractivity contribution in [2.45, 2.75) is 12.6 Å². The predicted molar refractivity (Wildman–Crippen MR) is 192 cm³/mol. The number of methoxy groups -OCH3 is 1. The number of carbonyl (C=O) groups is 4. The van der Waals surface area contributed by atoms with E-state index < -0.39 is 29.9 Å². The lowest BCUT2D eigenvalue weighted by Gasteiger charge is -2.16. The van der Waals surface area contributed by atoms with Crippen molar-refractivity contribution in [2.75, 3.05) is 26.9 Å². The van der Waals surface area contributed by atoms with Gasteiger partial charge in [-0.05, 0) is 41.3 Å². The van der Waals surface area contributed by atoms with Gasteiger partial charge in [-0.3, -0.25) is 4.79 Å². The minimum Gasteiger partial charge on any atom is -0.498 e. The van der Waals surface area contributed by atoms with Gasteiger partial charge < -0.3 is 29.0 Å². The molecule has 0 aliphatic heterocycles. The molecule has 12 nitrogen and oxygen atoms in total. The molecule has 0 bridgehead atoms. The smallest absolute Gasteiger partial charge is 0.408 e. The molecule has 0 radical (unpaired) electrons. The lowest BCUT2D eigenvalue weighted by Crippen LogP contribution is -2.44. The number of fused-ring (bicyclic) bond motifs is 1. The average Bonchev–Trinajstić information content (AvgIpc) is 3.19. The van der Waals surface area contributed by atoms with Crippen LogP contribution in [-0.4, -0.2) is 56.8 Å². The molecule has 0 heterocycles. The Hall–Kier alpha value is -6.82. The molecule has 1 amide bonds. The van der Waals surface area contributed by atoms with Gasteiger partial charge >= 0.3 is 18.0 Å². The van der Waals surface area contributed by atoms with Crippen LogP contribution in [0.1, 0.15) is 26.3 Å². The fourth-order valence-electron chi connectivity index (χ4n) is 4.77. The largest absolute Gasteiger partial charge is 0.498 e. The molecule has 0 aromatic heterocycles. The Morgan fingerprint density at radius 3 is 2.17 bits per heavy atom. The molecule has 5 aromatic carbocycles. The highest BCUT2D eigenvalue weighted by molar-refractivity contribution is 6.05. The fourth-order valence-corrected chi connectivity index (χ4v) is 4.77. The van der Waals surface area contributed by atoms with Crippen molar-refractivity contribution in [3.05, 3.63) is 150 Å². The summed E-state index contributed by atoms with van der Waals surface area (Å²) < 4.78 is 26.5. The van der Waals surface area contributed by atoms with Crippen molar-refractivity contribution >= 4 is 46.0 Å². The average molecular weight is 702 g/mol. The zero-order valence-corrected chi connectivity index (χ0v) is 28.2. The Kier molecular flexibility index (Phi) is 13.2. The van der Waals surface area contributed by atoms with Crippen LogP contribution in [0.25, 0.3) is 10.8 Å². The molecular weight excluding hydrogens is 666 g/mol. The van der Waals surface area contributed by atoms with Crippen molar-refractivity contribution in [1.82, 2.24) is 5.32 Å². The van der Waals surface area contributed by atoms with Crippen LogP contribution >= 0.6 is 0 Å². The maximum Gasteiger partial charge on any atom is 0.408 e. The first-order valence-corrected chi connectivity index (χ1v) is 16.2. The second-order valence-electron chi connectivity index (χ2n) is 11.0. The molecule has 0 fully saturated rings. The van der Waals surface area contributed by atoms with E-state index in [-0.39, 0.29) is 37.6 Å². The summed E-state index contributed by atoms with van der Waals surface area (Å²) in [6.07, 6.45) is 1.41.